The SMILES string of the molecule is CC(=O)Nc1nc(C)c(-c2cc(S(=O)(=O)N3CCCC(O)C3)sc2Br)s1. The summed E-state index contributed by atoms with van der Waals surface area (Å²) in [4.78, 5) is 16.3. The van der Waals surface area contributed by atoms with E-state index in [4.69, 9.17) is 0 Å². The summed E-state index contributed by atoms with van der Waals surface area (Å²) >= 11 is 5.89. The summed E-state index contributed by atoms with van der Waals surface area (Å²) in [6.07, 6.45) is 0.649. The third-order valence-electron chi connectivity index (χ3n) is 3.94. The van der Waals surface area contributed by atoms with Gasteiger partial charge in [0.25, 0.3) is 10.0 Å². The van der Waals surface area contributed by atoms with Crippen LogP contribution in [-0.4, -0.2) is 47.9 Å². The topological polar surface area (TPSA) is 99.6 Å². The van der Waals surface area contributed by atoms with Crippen molar-refractivity contribution in [3.05, 3.63) is 15.5 Å². The van der Waals surface area contributed by atoms with Crippen molar-refractivity contribution in [3.63, 3.8) is 0 Å². The minimum Gasteiger partial charge on any atom is -0.392 e. The summed E-state index contributed by atoms with van der Waals surface area (Å²) in [6, 6.07) is 1.63. The third-order valence-corrected chi connectivity index (χ3v) is 9.20. The minimum absolute atomic E-state index is 0.124. The molecule has 1 fully saturated rings. The van der Waals surface area contributed by atoms with Crippen molar-refractivity contribution < 1.29 is 18.3 Å². The summed E-state index contributed by atoms with van der Waals surface area (Å²) < 4.78 is 28.1. The van der Waals surface area contributed by atoms with Crippen molar-refractivity contribution in [2.75, 3.05) is 18.4 Å². The Kier molecular flexibility index (Phi) is 5.85. The summed E-state index contributed by atoms with van der Waals surface area (Å²) in [5.41, 5.74) is 1.45. The number of nitrogens with zero attached hydrogens (tertiary/aromatic N) is 2. The molecule has 1 aliphatic heterocycles. The number of anilines is 1. The van der Waals surface area contributed by atoms with Gasteiger partial charge in [-0.3, -0.25) is 4.79 Å². The first kappa shape index (κ1) is 19.9. The van der Waals surface area contributed by atoms with E-state index in [0.29, 0.717) is 28.3 Å². The van der Waals surface area contributed by atoms with Crippen molar-refractivity contribution >= 4 is 59.7 Å². The van der Waals surface area contributed by atoms with Gasteiger partial charge in [0, 0.05) is 25.6 Å². The van der Waals surface area contributed by atoms with Gasteiger partial charge in [-0.25, -0.2) is 13.4 Å². The lowest BCUT2D eigenvalue weighted by Crippen LogP contribution is -2.41. The van der Waals surface area contributed by atoms with Gasteiger partial charge in [0.05, 0.1) is 20.5 Å². The number of carbonyl (C=O) groups is 1. The molecule has 11 heteroatoms. The molecule has 7 nitrogen and oxygen atoms in total. The first-order valence-electron chi connectivity index (χ1n) is 7.91. The van der Waals surface area contributed by atoms with Gasteiger partial charge in [0.15, 0.2) is 5.13 Å². The summed E-state index contributed by atoms with van der Waals surface area (Å²) in [6.45, 7) is 3.76. The fraction of sp³-hybridized carbons (Fsp3) is 0.467. The van der Waals surface area contributed by atoms with E-state index in [0.717, 1.165) is 27.5 Å². The number of aromatic nitrogens is 1. The second-order valence-corrected chi connectivity index (χ2v) is 11.6. The normalized spacial score (nSPS) is 18.8. The molecule has 3 heterocycles. The number of halogens is 1. The Bertz CT molecular complexity index is 938. The number of nitrogens with one attached hydrogen (secondary N) is 1. The molecule has 0 spiro atoms. The van der Waals surface area contributed by atoms with Crippen molar-refractivity contribution in [2.24, 2.45) is 0 Å². The average molecular weight is 480 g/mol. The molecule has 1 aliphatic rings. The Balaban J connectivity index is 1.94. The van der Waals surface area contributed by atoms with Crippen LogP contribution >= 0.6 is 38.6 Å². The average Bonchev–Trinajstić information content (AvgIpc) is 3.09. The number of aliphatic hydroxyl groups is 1. The van der Waals surface area contributed by atoms with Gasteiger partial charge < -0.3 is 10.4 Å². The van der Waals surface area contributed by atoms with Crippen LogP contribution in [0.3, 0.4) is 0 Å². The van der Waals surface area contributed by atoms with E-state index in [2.05, 4.69) is 26.2 Å². The highest BCUT2D eigenvalue weighted by atomic mass is 79.9. The van der Waals surface area contributed by atoms with Crippen molar-refractivity contribution in [2.45, 2.75) is 37.0 Å². The van der Waals surface area contributed by atoms with Gasteiger partial charge in [-0.05, 0) is 41.8 Å². The molecule has 1 atom stereocenters. The van der Waals surface area contributed by atoms with Gasteiger partial charge in [-0.1, -0.05) is 11.3 Å². The number of aryl methyl sites for hydroxylation is 1. The molecule has 1 amide bonds. The van der Waals surface area contributed by atoms with Gasteiger partial charge in [-0.2, -0.15) is 4.31 Å². The van der Waals surface area contributed by atoms with Crippen LogP contribution in [0, 0.1) is 6.92 Å². The zero-order valence-corrected chi connectivity index (χ0v) is 18.2. The van der Waals surface area contributed by atoms with Crippen LogP contribution < -0.4 is 5.32 Å². The maximum atomic E-state index is 12.9. The van der Waals surface area contributed by atoms with E-state index >= 15 is 0 Å². The minimum atomic E-state index is -3.65. The Morgan fingerprint density at radius 2 is 2.19 bits per heavy atom. The predicted octanol–water partition coefficient (Wildman–Crippen LogP) is 3.05. The Morgan fingerprint density at radius 3 is 2.85 bits per heavy atom. The van der Waals surface area contributed by atoms with E-state index < -0.39 is 16.1 Å². The maximum Gasteiger partial charge on any atom is 0.252 e. The van der Waals surface area contributed by atoms with Crippen LogP contribution in [0.4, 0.5) is 5.13 Å². The van der Waals surface area contributed by atoms with Gasteiger partial charge in [0.1, 0.15) is 4.21 Å². The Hall–Kier alpha value is -0.850. The number of rotatable bonds is 4. The molecule has 0 aliphatic carbocycles. The van der Waals surface area contributed by atoms with Crippen LogP contribution in [0.25, 0.3) is 10.4 Å². The molecule has 0 bridgehead atoms. The maximum absolute atomic E-state index is 12.9. The van der Waals surface area contributed by atoms with Gasteiger partial charge in [0.2, 0.25) is 5.91 Å². The fourth-order valence-electron chi connectivity index (χ4n) is 2.75. The molecular formula is C15H18BrN3O4S3. The number of thiazole rings is 1. The number of hydrogen-bond acceptors (Lipinski definition) is 7. The number of piperidine rings is 1. The first-order chi connectivity index (χ1) is 12.2. The number of β-amino-alcohol motifs (C(OH)–C–C–N with tert-alkyl or cyclic N) is 1. The second kappa shape index (κ2) is 7.64. The molecule has 2 N–H and O–H groups in total. The predicted molar refractivity (Wildman–Crippen MR) is 106 cm³/mol. The highest BCUT2D eigenvalue weighted by molar-refractivity contribution is 9.11. The van der Waals surface area contributed by atoms with Crippen molar-refractivity contribution in [1.29, 1.82) is 0 Å². The van der Waals surface area contributed by atoms with E-state index in [1.807, 2.05) is 6.92 Å². The summed E-state index contributed by atoms with van der Waals surface area (Å²) in [5, 5.41) is 12.9. The van der Waals surface area contributed by atoms with Crippen LogP contribution in [-0.2, 0) is 14.8 Å². The fourth-order valence-corrected chi connectivity index (χ4v) is 8.01. The molecule has 2 aromatic rings. The highest BCUT2D eigenvalue weighted by Crippen LogP contribution is 2.43. The third kappa shape index (κ3) is 4.02. The molecule has 3 rings (SSSR count). The number of sulfonamides is 1. The van der Waals surface area contributed by atoms with E-state index in [9.17, 15) is 18.3 Å². The Morgan fingerprint density at radius 1 is 1.46 bits per heavy atom. The zero-order chi connectivity index (χ0) is 19.1. The van der Waals surface area contributed by atoms with Crippen molar-refractivity contribution in [1.82, 2.24) is 9.29 Å². The van der Waals surface area contributed by atoms with Gasteiger partial charge in [-0.15, -0.1) is 11.3 Å². The van der Waals surface area contributed by atoms with Gasteiger partial charge >= 0.3 is 0 Å². The standard InChI is InChI=1S/C15H18BrN3O4S3/c1-8-13(25-15(17-8)18-9(2)20)11-6-12(24-14(11)16)26(22,23)19-5-3-4-10(21)7-19/h6,10,21H,3-5,7H2,1-2H3,(H,17,18,20). The first-order valence-corrected chi connectivity index (χ1v) is 11.8. The molecule has 2 aromatic heterocycles. The largest absolute Gasteiger partial charge is 0.392 e. The monoisotopic (exact) mass is 479 g/mol. The van der Waals surface area contributed by atoms with Crippen molar-refractivity contribution in [3.8, 4) is 10.4 Å². The molecule has 1 unspecified atom stereocenters. The van der Waals surface area contributed by atoms with Crippen LogP contribution in [0.2, 0.25) is 0 Å². The number of carbonyl (C=O) groups excluding carboxylic acids is 1. The zero-order valence-electron chi connectivity index (χ0n) is 14.2. The van der Waals surface area contributed by atoms with E-state index in [1.165, 1.54) is 22.6 Å². The molecule has 1 saturated heterocycles. The highest BCUT2D eigenvalue weighted by Gasteiger charge is 2.32. The van der Waals surface area contributed by atoms with Crippen LogP contribution in [0.15, 0.2) is 14.1 Å². The lowest BCUT2D eigenvalue weighted by molar-refractivity contribution is -0.114. The lowest BCUT2D eigenvalue weighted by Gasteiger charge is -2.28. The summed E-state index contributed by atoms with van der Waals surface area (Å²) in [7, 11) is -3.65. The molecular weight excluding hydrogens is 462 g/mol. The number of amides is 1. The van der Waals surface area contributed by atoms with Crippen LogP contribution in [0.1, 0.15) is 25.5 Å². The Labute approximate surface area is 168 Å². The molecule has 142 valence electrons. The van der Waals surface area contributed by atoms with E-state index in [-0.39, 0.29) is 16.7 Å². The number of aliphatic hydroxyl groups excluding tert-OH is 1. The number of hydrogen-bond donors (Lipinski definition) is 2. The van der Waals surface area contributed by atoms with E-state index in [1.54, 1.807) is 6.07 Å². The van der Waals surface area contributed by atoms with Crippen LogP contribution in [0.5, 0.6) is 0 Å². The smallest absolute Gasteiger partial charge is 0.252 e. The lowest BCUT2D eigenvalue weighted by atomic mass is 10.1. The number of thiophene rings is 1. The summed E-state index contributed by atoms with van der Waals surface area (Å²) in [5.74, 6) is -0.207. The molecule has 0 radical (unpaired) electrons. The quantitative estimate of drug-likeness (QED) is 0.701. The molecule has 0 saturated carbocycles. The molecule has 26 heavy (non-hydrogen) atoms. The molecule has 0 aromatic carbocycles. The second-order valence-electron chi connectivity index (χ2n) is 6.03.